The van der Waals surface area contributed by atoms with Crippen LogP contribution in [0.15, 0.2) is 17.0 Å². The number of likely N-dealkylation sites (tertiary alicyclic amines) is 2. The molecule has 2 aromatic heterocycles. The number of carbonyl (C=O) groups excluding carboxylic acids is 1. The molecule has 4 rings (SSSR count). The normalized spacial score (nSPS) is 21.3. The number of nitrogens with zero attached hydrogens (tertiary/aromatic N) is 5. The molecule has 9 nitrogen and oxygen atoms in total. The van der Waals surface area contributed by atoms with Crippen molar-refractivity contribution < 1.29 is 32.4 Å². The third-order valence-corrected chi connectivity index (χ3v) is 5.97. The van der Waals surface area contributed by atoms with Crippen LogP contribution in [0.5, 0.6) is 0 Å². The quantitative estimate of drug-likeness (QED) is 0.703. The molecule has 0 radical (unpaired) electrons. The van der Waals surface area contributed by atoms with E-state index in [2.05, 4.69) is 15.0 Å². The third-order valence-electron chi connectivity index (χ3n) is 5.97. The Labute approximate surface area is 182 Å². The van der Waals surface area contributed by atoms with Gasteiger partial charge in [-0.05, 0) is 33.2 Å². The minimum atomic E-state index is -5.08. The fourth-order valence-electron chi connectivity index (χ4n) is 4.23. The first-order valence-corrected chi connectivity index (χ1v) is 10.1. The number of aromatic nitrogens is 3. The van der Waals surface area contributed by atoms with E-state index in [9.17, 15) is 18.0 Å². The van der Waals surface area contributed by atoms with Gasteiger partial charge in [-0.25, -0.2) is 9.78 Å². The molecular formula is C20H26F3N5O4. The number of halogens is 3. The van der Waals surface area contributed by atoms with Crippen molar-refractivity contribution in [3.63, 3.8) is 0 Å². The number of β-lactam (4-membered cyclic amide) rings is 1. The van der Waals surface area contributed by atoms with Crippen molar-refractivity contribution >= 4 is 11.9 Å². The van der Waals surface area contributed by atoms with Crippen molar-refractivity contribution in [3.05, 3.63) is 35.2 Å². The van der Waals surface area contributed by atoms with Gasteiger partial charge in [-0.15, -0.1) is 0 Å². The predicted octanol–water partition coefficient (Wildman–Crippen LogP) is 2.28. The molecule has 1 unspecified atom stereocenters. The molecule has 1 amide bonds. The Kier molecular flexibility index (Phi) is 6.63. The summed E-state index contributed by atoms with van der Waals surface area (Å²) in [6.45, 7) is 8.03. The smallest absolute Gasteiger partial charge is 0.475 e. The van der Waals surface area contributed by atoms with Crippen LogP contribution in [0.1, 0.15) is 35.6 Å². The zero-order valence-electron chi connectivity index (χ0n) is 18.1. The number of piperidine rings is 1. The predicted molar refractivity (Wildman–Crippen MR) is 105 cm³/mol. The zero-order valence-corrected chi connectivity index (χ0v) is 18.1. The van der Waals surface area contributed by atoms with Crippen molar-refractivity contribution in [2.24, 2.45) is 12.5 Å². The van der Waals surface area contributed by atoms with Crippen LogP contribution >= 0.6 is 0 Å². The third kappa shape index (κ3) is 4.95. The molecule has 2 aromatic rings. The first kappa shape index (κ1) is 23.8. The van der Waals surface area contributed by atoms with Gasteiger partial charge in [0.2, 0.25) is 5.91 Å². The number of rotatable bonds is 4. The van der Waals surface area contributed by atoms with Gasteiger partial charge < -0.3 is 19.1 Å². The summed E-state index contributed by atoms with van der Waals surface area (Å²) in [4.78, 5) is 30.4. The van der Waals surface area contributed by atoms with Crippen LogP contribution in [-0.4, -0.2) is 67.3 Å². The van der Waals surface area contributed by atoms with E-state index in [1.807, 2.05) is 42.9 Å². The minimum absolute atomic E-state index is 0.199. The highest BCUT2D eigenvalue weighted by atomic mass is 19.4. The van der Waals surface area contributed by atoms with Crippen LogP contribution in [-0.2, 0) is 29.7 Å². The molecule has 0 saturated carbocycles. The van der Waals surface area contributed by atoms with Gasteiger partial charge in [0, 0.05) is 38.4 Å². The Morgan fingerprint density at radius 1 is 1.28 bits per heavy atom. The Bertz CT molecular complexity index is 967. The van der Waals surface area contributed by atoms with Crippen LogP contribution in [0.3, 0.4) is 0 Å². The zero-order chi connectivity index (χ0) is 23.7. The second-order valence-electron chi connectivity index (χ2n) is 8.36. The highest BCUT2D eigenvalue weighted by molar-refractivity contribution is 5.89. The lowest BCUT2D eigenvalue weighted by atomic mass is 9.72. The summed E-state index contributed by atoms with van der Waals surface area (Å²) < 4.78 is 39.0. The molecule has 2 aliphatic rings. The molecule has 0 bridgehead atoms. The van der Waals surface area contributed by atoms with Gasteiger partial charge >= 0.3 is 12.1 Å². The average molecular weight is 457 g/mol. The summed E-state index contributed by atoms with van der Waals surface area (Å²) in [5.41, 5.74) is 2.92. The van der Waals surface area contributed by atoms with Crippen molar-refractivity contribution in [1.82, 2.24) is 24.5 Å². The van der Waals surface area contributed by atoms with Crippen molar-refractivity contribution in [1.29, 1.82) is 0 Å². The summed E-state index contributed by atoms with van der Waals surface area (Å²) in [7, 11) is 2.02. The van der Waals surface area contributed by atoms with Crippen molar-refractivity contribution in [2.45, 2.75) is 46.0 Å². The molecule has 2 aliphatic heterocycles. The van der Waals surface area contributed by atoms with Gasteiger partial charge in [-0.1, -0.05) is 5.16 Å². The van der Waals surface area contributed by atoms with Gasteiger partial charge in [-0.2, -0.15) is 13.2 Å². The van der Waals surface area contributed by atoms with Crippen LogP contribution in [0.25, 0.3) is 0 Å². The number of alkyl halides is 3. The number of amides is 1. The van der Waals surface area contributed by atoms with Crippen LogP contribution in [0.4, 0.5) is 13.2 Å². The van der Waals surface area contributed by atoms with E-state index in [-0.39, 0.29) is 11.3 Å². The molecule has 4 heterocycles. The number of carboxylic acid groups (broad SMARTS) is 1. The van der Waals surface area contributed by atoms with E-state index in [1.54, 1.807) is 0 Å². The monoisotopic (exact) mass is 457 g/mol. The molecule has 0 aromatic carbocycles. The Morgan fingerprint density at radius 3 is 2.47 bits per heavy atom. The second kappa shape index (κ2) is 8.93. The number of imidazole rings is 1. The number of hydrogen-bond acceptors (Lipinski definition) is 6. The maximum Gasteiger partial charge on any atom is 0.490 e. The molecular weight excluding hydrogens is 431 g/mol. The van der Waals surface area contributed by atoms with Gasteiger partial charge in [-0.3, -0.25) is 9.69 Å². The summed E-state index contributed by atoms with van der Waals surface area (Å²) in [5, 5.41) is 11.1. The topological polar surface area (TPSA) is 105 Å². The van der Waals surface area contributed by atoms with E-state index < -0.39 is 12.1 Å². The van der Waals surface area contributed by atoms with Crippen LogP contribution < -0.4 is 0 Å². The lowest BCUT2D eigenvalue weighted by molar-refractivity contribution is -0.192. The molecule has 1 atom stereocenters. The molecule has 1 N–H and O–H groups in total. The van der Waals surface area contributed by atoms with Gasteiger partial charge in [0.25, 0.3) is 0 Å². The molecule has 1 spiro atoms. The van der Waals surface area contributed by atoms with Crippen molar-refractivity contribution in [3.8, 4) is 0 Å². The van der Waals surface area contributed by atoms with E-state index in [0.29, 0.717) is 6.54 Å². The average Bonchev–Trinajstić information content (AvgIpc) is 3.27. The molecule has 2 fully saturated rings. The maximum absolute atomic E-state index is 12.9. The number of hydrogen-bond donors (Lipinski definition) is 1. The highest BCUT2D eigenvalue weighted by Crippen LogP contribution is 2.41. The van der Waals surface area contributed by atoms with Crippen LogP contribution in [0, 0.1) is 19.3 Å². The van der Waals surface area contributed by atoms with Gasteiger partial charge in [0.15, 0.2) is 0 Å². The van der Waals surface area contributed by atoms with E-state index in [1.165, 1.54) is 5.69 Å². The van der Waals surface area contributed by atoms with Gasteiger partial charge in [0.05, 0.1) is 29.7 Å². The van der Waals surface area contributed by atoms with E-state index >= 15 is 0 Å². The summed E-state index contributed by atoms with van der Waals surface area (Å²) >= 11 is 0. The Morgan fingerprint density at radius 2 is 1.97 bits per heavy atom. The Hall–Kier alpha value is -2.89. The van der Waals surface area contributed by atoms with Gasteiger partial charge in [0.1, 0.15) is 5.76 Å². The maximum atomic E-state index is 12.9. The lowest BCUT2D eigenvalue weighted by Crippen LogP contribution is -2.66. The number of aryl methyl sites for hydroxylation is 3. The first-order valence-electron chi connectivity index (χ1n) is 10.1. The van der Waals surface area contributed by atoms with E-state index in [4.69, 9.17) is 14.4 Å². The first-order chi connectivity index (χ1) is 14.9. The molecule has 0 aliphatic carbocycles. The largest absolute Gasteiger partial charge is 0.490 e. The fraction of sp³-hybridized carbons (Fsp3) is 0.600. The molecule has 2 saturated heterocycles. The Balaban J connectivity index is 0.000000360. The molecule has 12 heteroatoms. The lowest BCUT2D eigenvalue weighted by Gasteiger charge is -2.53. The minimum Gasteiger partial charge on any atom is -0.475 e. The highest BCUT2D eigenvalue weighted by Gasteiger charge is 2.53. The second-order valence-corrected chi connectivity index (χ2v) is 8.36. The van der Waals surface area contributed by atoms with E-state index in [0.717, 1.165) is 56.0 Å². The van der Waals surface area contributed by atoms with Crippen molar-refractivity contribution in [2.75, 3.05) is 19.6 Å². The number of aliphatic carboxylic acids is 1. The number of carboxylic acids is 1. The SMILES string of the molecule is Cc1noc(C)c1CN1CC2(CCCN(Cc3cncn3C)C2)C1=O.O=C(O)C(F)(F)F. The standard InChI is InChI=1S/C18H25N5O2.C2HF3O2/c1-13-16(14(2)25-20-13)9-23-11-18(17(23)24)5-4-6-22(10-18)8-15-7-19-12-21(15)3;3-2(4,5)1(6)7/h7,12H,4-6,8-11H2,1-3H3;(H,6,7). The summed E-state index contributed by atoms with van der Waals surface area (Å²) in [6.07, 6.45) is 0.719. The van der Waals surface area contributed by atoms with Crippen LogP contribution in [0.2, 0.25) is 0 Å². The molecule has 32 heavy (non-hydrogen) atoms. The summed E-state index contributed by atoms with van der Waals surface area (Å²) in [5.74, 6) is -1.66. The number of carbonyl (C=O) groups is 2. The molecule has 176 valence electrons. The fourth-order valence-corrected chi connectivity index (χ4v) is 4.23. The summed E-state index contributed by atoms with van der Waals surface area (Å²) in [6, 6.07) is 0.